The molecule has 1 N–H and O–H groups in total. The van der Waals surface area contributed by atoms with E-state index in [1.165, 1.54) is 19.2 Å². The Kier molecular flexibility index (Phi) is 4.29. The first-order valence-corrected chi connectivity index (χ1v) is 7.31. The molecule has 0 unspecified atom stereocenters. The Morgan fingerprint density at radius 1 is 1.17 bits per heavy atom. The fourth-order valence-corrected chi connectivity index (χ4v) is 2.23. The number of likely N-dealkylation sites (N-methyl/N-ethyl adjacent to an activating group) is 1. The Bertz CT molecular complexity index is 815. The summed E-state index contributed by atoms with van der Waals surface area (Å²) >= 11 is 0. The number of carbonyl (C=O) groups is 2. The zero-order valence-corrected chi connectivity index (χ0v) is 13.0. The summed E-state index contributed by atoms with van der Waals surface area (Å²) in [6.45, 7) is 0.304. The first kappa shape index (κ1) is 15.7. The molecule has 1 aliphatic rings. The fraction of sp³-hybridized carbons (Fsp3) is 0.111. The molecule has 3 rings (SSSR count). The lowest BCUT2D eigenvalue weighted by atomic mass is 10.2. The third-order valence-corrected chi connectivity index (χ3v) is 3.57. The summed E-state index contributed by atoms with van der Waals surface area (Å²) in [6.07, 6.45) is 1.59. The van der Waals surface area contributed by atoms with Crippen molar-refractivity contribution in [2.75, 3.05) is 7.05 Å². The second kappa shape index (κ2) is 6.54. The summed E-state index contributed by atoms with van der Waals surface area (Å²) in [5.41, 5.74) is 1.80. The van der Waals surface area contributed by atoms with Gasteiger partial charge in [-0.15, -0.1) is 0 Å². The van der Waals surface area contributed by atoms with Crippen LogP contribution in [-0.2, 0) is 11.4 Å². The maximum absolute atomic E-state index is 12.9. The minimum atomic E-state index is -0.449. The lowest BCUT2D eigenvalue weighted by Crippen LogP contribution is -2.25. The van der Waals surface area contributed by atoms with Gasteiger partial charge in [0.25, 0.3) is 5.91 Å². The second-order valence-electron chi connectivity index (χ2n) is 5.34. The molecule has 1 heterocycles. The van der Waals surface area contributed by atoms with Gasteiger partial charge < -0.3 is 10.1 Å². The molecular formula is C18H15FN2O3. The average Bonchev–Trinajstić information content (AvgIpc) is 2.82. The Labute approximate surface area is 138 Å². The van der Waals surface area contributed by atoms with Crippen molar-refractivity contribution in [3.8, 4) is 5.75 Å². The van der Waals surface area contributed by atoms with E-state index in [1.807, 2.05) is 0 Å². The Morgan fingerprint density at radius 3 is 2.58 bits per heavy atom. The van der Waals surface area contributed by atoms with Crippen LogP contribution in [0.25, 0.3) is 6.08 Å². The van der Waals surface area contributed by atoms with Crippen LogP contribution in [0.1, 0.15) is 11.1 Å². The molecule has 1 aliphatic heterocycles. The molecule has 0 radical (unpaired) electrons. The third-order valence-electron chi connectivity index (χ3n) is 3.57. The average molecular weight is 326 g/mol. The number of hydrogen-bond acceptors (Lipinski definition) is 3. The molecule has 0 saturated carbocycles. The Morgan fingerprint density at radius 2 is 1.92 bits per heavy atom. The summed E-state index contributed by atoms with van der Waals surface area (Å²) in [6, 6.07) is 12.8. The summed E-state index contributed by atoms with van der Waals surface area (Å²) in [5.74, 6) is -0.0583. The first-order chi connectivity index (χ1) is 11.5. The van der Waals surface area contributed by atoms with Gasteiger partial charge in [-0.2, -0.15) is 0 Å². The van der Waals surface area contributed by atoms with Gasteiger partial charge >= 0.3 is 6.03 Å². The molecular weight excluding hydrogens is 311 g/mol. The standard InChI is InChI=1S/C18H15FN2O3/c1-21-17(22)16(20-18(21)23)10-13-3-2-4-15(9-13)24-11-12-5-7-14(19)8-6-12/h2-10H,11H2,1H3,(H,20,23)/b16-10+. The van der Waals surface area contributed by atoms with Crippen LogP contribution in [0, 0.1) is 5.82 Å². The van der Waals surface area contributed by atoms with Crippen molar-refractivity contribution in [1.29, 1.82) is 0 Å². The number of nitrogens with one attached hydrogen (secondary N) is 1. The van der Waals surface area contributed by atoms with Gasteiger partial charge in [0.1, 0.15) is 23.9 Å². The van der Waals surface area contributed by atoms with Gasteiger partial charge in [-0.3, -0.25) is 9.69 Å². The molecule has 0 aromatic heterocycles. The van der Waals surface area contributed by atoms with Crippen LogP contribution < -0.4 is 10.1 Å². The minimum Gasteiger partial charge on any atom is -0.489 e. The molecule has 6 heteroatoms. The number of carbonyl (C=O) groups excluding carboxylic acids is 2. The molecule has 2 aromatic rings. The SMILES string of the molecule is CN1C(=O)N/C(=C/c2cccc(OCc3ccc(F)cc3)c2)C1=O. The number of benzene rings is 2. The van der Waals surface area contributed by atoms with Crippen LogP contribution in [0.2, 0.25) is 0 Å². The van der Waals surface area contributed by atoms with E-state index in [0.717, 1.165) is 16.0 Å². The van der Waals surface area contributed by atoms with Crippen molar-refractivity contribution in [1.82, 2.24) is 10.2 Å². The highest BCUT2D eigenvalue weighted by molar-refractivity contribution is 6.13. The normalized spacial score (nSPS) is 15.8. The van der Waals surface area contributed by atoms with Crippen molar-refractivity contribution in [3.63, 3.8) is 0 Å². The largest absolute Gasteiger partial charge is 0.489 e. The third kappa shape index (κ3) is 3.43. The molecule has 0 bridgehead atoms. The smallest absolute Gasteiger partial charge is 0.328 e. The Balaban J connectivity index is 1.71. The highest BCUT2D eigenvalue weighted by Gasteiger charge is 2.29. The molecule has 3 amide bonds. The van der Waals surface area contributed by atoms with E-state index >= 15 is 0 Å². The minimum absolute atomic E-state index is 0.221. The van der Waals surface area contributed by atoms with Crippen molar-refractivity contribution in [2.24, 2.45) is 0 Å². The van der Waals surface area contributed by atoms with Crippen LogP contribution >= 0.6 is 0 Å². The highest BCUT2D eigenvalue weighted by atomic mass is 19.1. The topological polar surface area (TPSA) is 58.6 Å². The number of imide groups is 1. The first-order valence-electron chi connectivity index (χ1n) is 7.31. The van der Waals surface area contributed by atoms with E-state index in [4.69, 9.17) is 4.74 Å². The van der Waals surface area contributed by atoms with Gasteiger partial charge in [0, 0.05) is 7.05 Å². The van der Waals surface area contributed by atoms with Crippen molar-refractivity contribution >= 4 is 18.0 Å². The lowest BCUT2D eigenvalue weighted by molar-refractivity contribution is -0.121. The van der Waals surface area contributed by atoms with Crippen LogP contribution in [0.3, 0.4) is 0 Å². The molecule has 5 nitrogen and oxygen atoms in total. The van der Waals surface area contributed by atoms with Gasteiger partial charge in [0.15, 0.2) is 0 Å². The zero-order valence-electron chi connectivity index (χ0n) is 13.0. The number of nitrogens with zero attached hydrogens (tertiary/aromatic N) is 1. The van der Waals surface area contributed by atoms with E-state index in [-0.39, 0.29) is 17.4 Å². The summed E-state index contributed by atoms with van der Waals surface area (Å²) < 4.78 is 18.5. The van der Waals surface area contributed by atoms with Gasteiger partial charge in [-0.05, 0) is 41.5 Å². The molecule has 122 valence electrons. The highest BCUT2D eigenvalue weighted by Crippen LogP contribution is 2.19. The maximum atomic E-state index is 12.9. The molecule has 0 spiro atoms. The molecule has 24 heavy (non-hydrogen) atoms. The quantitative estimate of drug-likeness (QED) is 0.694. The van der Waals surface area contributed by atoms with Crippen molar-refractivity contribution in [2.45, 2.75) is 6.61 Å². The fourth-order valence-electron chi connectivity index (χ4n) is 2.23. The predicted octanol–water partition coefficient (Wildman–Crippen LogP) is 2.93. The number of halogens is 1. The maximum Gasteiger partial charge on any atom is 0.328 e. The molecule has 0 atom stereocenters. The van der Waals surface area contributed by atoms with E-state index in [0.29, 0.717) is 12.4 Å². The number of hydrogen-bond donors (Lipinski definition) is 1. The molecule has 1 saturated heterocycles. The summed E-state index contributed by atoms with van der Waals surface area (Å²) in [5, 5.41) is 2.51. The summed E-state index contributed by atoms with van der Waals surface area (Å²) in [4.78, 5) is 24.3. The molecule has 0 aliphatic carbocycles. The lowest BCUT2D eigenvalue weighted by Gasteiger charge is -2.07. The Hall–Kier alpha value is -3.15. The van der Waals surface area contributed by atoms with E-state index in [9.17, 15) is 14.0 Å². The van der Waals surface area contributed by atoms with Crippen LogP contribution in [0.15, 0.2) is 54.2 Å². The van der Waals surface area contributed by atoms with E-state index < -0.39 is 6.03 Å². The van der Waals surface area contributed by atoms with Crippen molar-refractivity contribution < 1.29 is 18.7 Å². The monoisotopic (exact) mass is 326 g/mol. The van der Waals surface area contributed by atoms with E-state index in [1.54, 1.807) is 42.5 Å². The van der Waals surface area contributed by atoms with Gasteiger partial charge in [0.2, 0.25) is 0 Å². The van der Waals surface area contributed by atoms with Crippen molar-refractivity contribution in [3.05, 3.63) is 71.2 Å². The van der Waals surface area contributed by atoms with Crippen LogP contribution in [0.5, 0.6) is 5.75 Å². The van der Waals surface area contributed by atoms with Gasteiger partial charge in [-0.1, -0.05) is 24.3 Å². The van der Waals surface area contributed by atoms with Crippen LogP contribution in [-0.4, -0.2) is 23.9 Å². The van der Waals surface area contributed by atoms with E-state index in [2.05, 4.69) is 5.32 Å². The number of urea groups is 1. The van der Waals surface area contributed by atoms with Crippen LogP contribution in [0.4, 0.5) is 9.18 Å². The van der Waals surface area contributed by atoms with Gasteiger partial charge in [0.05, 0.1) is 0 Å². The number of ether oxygens (including phenoxy) is 1. The zero-order chi connectivity index (χ0) is 17.1. The molecule has 2 aromatic carbocycles. The molecule has 1 fully saturated rings. The predicted molar refractivity (Wildman–Crippen MR) is 86.5 cm³/mol. The second-order valence-corrected chi connectivity index (χ2v) is 5.34. The number of amides is 3. The summed E-state index contributed by atoms with van der Waals surface area (Å²) in [7, 11) is 1.42. The number of rotatable bonds is 4. The van der Waals surface area contributed by atoms with Gasteiger partial charge in [-0.25, -0.2) is 9.18 Å².